The van der Waals surface area contributed by atoms with Crippen LogP contribution in [0, 0.1) is 0 Å². The van der Waals surface area contributed by atoms with Crippen LogP contribution in [-0.4, -0.2) is 31.1 Å². The zero-order valence-corrected chi connectivity index (χ0v) is 18.3. The van der Waals surface area contributed by atoms with Crippen molar-refractivity contribution in [2.24, 2.45) is 15.3 Å². The molecule has 0 saturated carbocycles. The molecule has 1 aliphatic rings. The Balaban J connectivity index is 1.50. The number of para-hydroxylation sites is 1. The number of benzene rings is 3. The summed E-state index contributed by atoms with van der Waals surface area (Å²) in [4.78, 5) is 1.88. The number of likely N-dealkylation sites (N-methyl/N-ethyl adjacent to an activating group) is 1. The van der Waals surface area contributed by atoms with Crippen LogP contribution in [0.5, 0.6) is 0 Å². The third-order valence-electron chi connectivity index (χ3n) is 6.04. The fourth-order valence-electron chi connectivity index (χ4n) is 3.92. The number of azo groups is 1. The molecule has 1 heterocycles. The molecular weight excluding hydrogens is 386 g/mol. The van der Waals surface area contributed by atoms with Crippen LogP contribution in [0.1, 0.15) is 19.4 Å². The first-order valence-electron chi connectivity index (χ1n) is 10.2. The molecule has 4 rings (SSSR count). The van der Waals surface area contributed by atoms with Crippen molar-refractivity contribution in [3.63, 3.8) is 0 Å². The maximum atomic E-state index is 11.5. The highest BCUT2D eigenvalue weighted by atomic mass is 16.3. The van der Waals surface area contributed by atoms with E-state index < -0.39 is 11.1 Å². The van der Waals surface area contributed by atoms with Crippen LogP contribution in [-0.2, 0) is 5.41 Å². The molecule has 3 aromatic rings. The highest BCUT2D eigenvalue weighted by Gasteiger charge is 2.54. The van der Waals surface area contributed by atoms with Gasteiger partial charge >= 0.3 is 0 Å². The molecule has 0 aromatic heterocycles. The summed E-state index contributed by atoms with van der Waals surface area (Å²) in [5, 5.41) is 26.4. The maximum Gasteiger partial charge on any atom is 0.185 e. The molecule has 31 heavy (non-hydrogen) atoms. The van der Waals surface area contributed by atoms with Gasteiger partial charge in [0.25, 0.3) is 0 Å². The number of nitrogens with zero attached hydrogens (tertiary/aromatic N) is 5. The summed E-state index contributed by atoms with van der Waals surface area (Å²) in [5.41, 5.74) is 2.81. The van der Waals surface area contributed by atoms with Crippen molar-refractivity contribution in [1.29, 1.82) is 0 Å². The monoisotopic (exact) mass is 413 g/mol. The molecule has 0 saturated heterocycles. The summed E-state index contributed by atoms with van der Waals surface area (Å²) in [6, 6.07) is 25.3. The molecule has 0 bridgehead atoms. The number of aliphatic hydroxyl groups is 1. The second kappa shape index (κ2) is 7.96. The van der Waals surface area contributed by atoms with Gasteiger partial charge in [-0.2, -0.15) is 15.3 Å². The molecule has 158 valence electrons. The Bertz CT molecular complexity index is 1110. The lowest BCUT2D eigenvalue weighted by Crippen LogP contribution is -2.56. The van der Waals surface area contributed by atoms with Gasteiger partial charge in [-0.25, -0.2) is 0 Å². The van der Waals surface area contributed by atoms with E-state index >= 15 is 0 Å². The van der Waals surface area contributed by atoms with Crippen LogP contribution in [0.15, 0.2) is 94.2 Å². The van der Waals surface area contributed by atoms with E-state index in [0.717, 1.165) is 28.3 Å². The third-order valence-corrected chi connectivity index (χ3v) is 6.04. The first-order valence-corrected chi connectivity index (χ1v) is 10.2. The van der Waals surface area contributed by atoms with Crippen molar-refractivity contribution in [1.82, 2.24) is 0 Å². The number of hydrazone groups is 1. The van der Waals surface area contributed by atoms with E-state index in [9.17, 15) is 5.11 Å². The number of hydrogen-bond acceptors (Lipinski definition) is 6. The third kappa shape index (κ3) is 3.70. The molecule has 0 radical (unpaired) electrons. The van der Waals surface area contributed by atoms with Crippen molar-refractivity contribution >= 4 is 29.0 Å². The second-order valence-corrected chi connectivity index (χ2v) is 8.25. The summed E-state index contributed by atoms with van der Waals surface area (Å²) < 4.78 is 0. The fourth-order valence-corrected chi connectivity index (χ4v) is 3.92. The standard InChI is InChI=1S/C25H27N5O/c1-24(2)22-12-8-9-13-23(22)29(3)25(24,31)18-26-30(4)21-16-14-20(15-17-21)28-27-19-10-6-5-7-11-19/h5-18,31H,1-4H3. The van der Waals surface area contributed by atoms with Gasteiger partial charge in [0.1, 0.15) is 0 Å². The Morgan fingerprint density at radius 2 is 1.42 bits per heavy atom. The molecule has 3 aromatic carbocycles. The molecule has 6 heteroatoms. The average molecular weight is 414 g/mol. The zero-order chi connectivity index (χ0) is 22.1. The predicted molar refractivity (Wildman–Crippen MR) is 127 cm³/mol. The van der Waals surface area contributed by atoms with Crippen molar-refractivity contribution in [2.75, 3.05) is 24.0 Å². The number of rotatable bonds is 5. The van der Waals surface area contributed by atoms with Gasteiger partial charge in [-0.05, 0) is 48.0 Å². The highest BCUT2D eigenvalue weighted by molar-refractivity contribution is 5.83. The highest BCUT2D eigenvalue weighted by Crippen LogP contribution is 2.48. The van der Waals surface area contributed by atoms with Gasteiger partial charge in [-0.3, -0.25) is 5.01 Å². The van der Waals surface area contributed by atoms with Crippen LogP contribution in [0.2, 0.25) is 0 Å². The van der Waals surface area contributed by atoms with E-state index in [1.54, 1.807) is 11.2 Å². The van der Waals surface area contributed by atoms with E-state index in [4.69, 9.17) is 0 Å². The average Bonchev–Trinajstić information content (AvgIpc) is 2.95. The molecular formula is C25H27N5O. The fraction of sp³-hybridized carbons (Fsp3) is 0.240. The van der Waals surface area contributed by atoms with Crippen LogP contribution in [0.25, 0.3) is 0 Å². The molecule has 0 amide bonds. The van der Waals surface area contributed by atoms with Crippen molar-refractivity contribution in [3.8, 4) is 0 Å². The number of fused-ring (bicyclic) bond motifs is 1. The normalized spacial score (nSPS) is 19.8. The number of anilines is 2. The topological polar surface area (TPSA) is 63.8 Å². The summed E-state index contributed by atoms with van der Waals surface area (Å²) >= 11 is 0. The van der Waals surface area contributed by atoms with E-state index in [1.165, 1.54) is 0 Å². The van der Waals surface area contributed by atoms with E-state index in [2.05, 4.69) is 21.4 Å². The molecule has 1 N–H and O–H groups in total. The van der Waals surface area contributed by atoms with Gasteiger partial charge in [-0.1, -0.05) is 50.2 Å². The SMILES string of the molecule is CN(N=CC1(O)N(C)c2ccccc2C1(C)C)c1ccc(N=Nc2ccccc2)cc1. The molecule has 0 fully saturated rings. The summed E-state index contributed by atoms with van der Waals surface area (Å²) in [6.45, 7) is 4.07. The Morgan fingerprint density at radius 1 is 0.839 bits per heavy atom. The van der Waals surface area contributed by atoms with Crippen LogP contribution >= 0.6 is 0 Å². The lowest BCUT2D eigenvalue weighted by atomic mass is 9.78. The van der Waals surface area contributed by atoms with Gasteiger partial charge < -0.3 is 10.0 Å². The lowest BCUT2D eigenvalue weighted by Gasteiger charge is -2.38. The molecule has 6 nitrogen and oxygen atoms in total. The first kappa shape index (κ1) is 20.8. The van der Waals surface area contributed by atoms with Crippen molar-refractivity contribution in [3.05, 3.63) is 84.4 Å². The molecule has 1 atom stereocenters. The minimum absolute atomic E-state index is 0.510. The largest absolute Gasteiger partial charge is 0.365 e. The first-order chi connectivity index (χ1) is 14.8. The summed E-state index contributed by atoms with van der Waals surface area (Å²) in [5.74, 6) is 0. The van der Waals surface area contributed by atoms with E-state index in [-0.39, 0.29) is 0 Å². The van der Waals surface area contributed by atoms with Gasteiger partial charge in [0.2, 0.25) is 0 Å². The minimum atomic E-state index is -1.24. The smallest absolute Gasteiger partial charge is 0.185 e. The maximum absolute atomic E-state index is 11.5. The lowest BCUT2D eigenvalue weighted by molar-refractivity contribution is 0.0585. The van der Waals surface area contributed by atoms with Gasteiger partial charge in [0.05, 0.1) is 23.3 Å². The van der Waals surface area contributed by atoms with Gasteiger partial charge in [-0.15, -0.1) is 0 Å². The van der Waals surface area contributed by atoms with Crippen LogP contribution in [0.3, 0.4) is 0 Å². The second-order valence-electron chi connectivity index (χ2n) is 8.25. The van der Waals surface area contributed by atoms with Crippen LogP contribution < -0.4 is 9.91 Å². The molecule has 0 aliphatic carbocycles. The number of hydrogen-bond donors (Lipinski definition) is 1. The molecule has 0 spiro atoms. The predicted octanol–water partition coefficient (Wildman–Crippen LogP) is 5.64. The van der Waals surface area contributed by atoms with Crippen molar-refractivity contribution < 1.29 is 5.11 Å². The minimum Gasteiger partial charge on any atom is -0.365 e. The zero-order valence-electron chi connectivity index (χ0n) is 18.3. The Hall–Kier alpha value is -3.51. The van der Waals surface area contributed by atoms with Gasteiger partial charge in [0.15, 0.2) is 5.72 Å². The Morgan fingerprint density at radius 3 is 2.06 bits per heavy atom. The van der Waals surface area contributed by atoms with E-state index in [1.807, 2.05) is 106 Å². The van der Waals surface area contributed by atoms with E-state index in [0.29, 0.717) is 0 Å². The van der Waals surface area contributed by atoms with Crippen molar-refractivity contribution in [2.45, 2.75) is 25.0 Å². The summed E-state index contributed by atoms with van der Waals surface area (Å²) in [7, 11) is 3.75. The van der Waals surface area contributed by atoms with Gasteiger partial charge in [0, 0.05) is 25.2 Å². The molecule has 1 aliphatic heterocycles. The quantitative estimate of drug-likeness (QED) is 0.334. The molecule has 1 unspecified atom stereocenters. The summed E-state index contributed by atoms with van der Waals surface area (Å²) in [6.07, 6.45) is 1.62. The Labute approximate surface area is 183 Å². The van der Waals surface area contributed by atoms with Crippen LogP contribution in [0.4, 0.5) is 22.7 Å². The Kier molecular flexibility index (Phi) is 5.33.